The van der Waals surface area contributed by atoms with Crippen LogP contribution in [-0.2, 0) is 10.8 Å². The lowest BCUT2D eigenvalue weighted by molar-refractivity contribution is 0.660. The van der Waals surface area contributed by atoms with E-state index in [1.807, 2.05) is 0 Å². The summed E-state index contributed by atoms with van der Waals surface area (Å²) in [6.07, 6.45) is 0. The molecule has 0 atom stereocenters. The summed E-state index contributed by atoms with van der Waals surface area (Å²) in [7, 11) is 0. The Balaban J connectivity index is 1.08. The van der Waals surface area contributed by atoms with Crippen LogP contribution in [0.15, 0.2) is 192 Å². The molecule has 0 aliphatic heterocycles. The molecule has 2 aliphatic carbocycles. The molecule has 0 bridgehead atoms. The number of benzene rings is 9. The van der Waals surface area contributed by atoms with Crippen LogP contribution >= 0.6 is 0 Å². The highest BCUT2D eigenvalue weighted by atomic mass is 16.3. The highest BCUT2D eigenvalue weighted by Crippen LogP contribution is 2.56. The summed E-state index contributed by atoms with van der Waals surface area (Å²) in [5, 5.41) is 4.58. The molecular formula is C58H43NO. The largest absolute Gasteiger partial charge is 0.455 e. The van der Waals surface area contributed by atoms with E-state index < -0.39 is 0 Å². The van der Waals surface area contributed by atoms with E-state index in [4.69, 9.17) is 4.42 Å². The Bertz CT molecular complexity index is 3400. The van der Waals surface area contributed by atoms with Crippen molar-refractivity contribution in [3.05, 3.63) is 210 Å². The fourth-order valence-corrected chi connectivity index (χ4v) is 10.8. The molecule has 0 unspecified atom stereocenters. The van der Waals surface area contributed by atoms with Crippen molar-refractivity contribution in [2.75, 3.05) is 4.90 Å². The Labute approximate surface area is 351 Å². The third-order valence-electron chi connectivity index (χ3n) is 13.6. The minimum absolute atomic E-state index is 0.133. The van der Waals surface area contributed by atoms with E-state index in [1.165, 1.54) is 66.7 Å². The molecule has 12 rings (SSSR count). The number of hydrogen-bond acceptors (Lipinski definition) is 2. The maximum atomic E-state index is 6.87. The standard InChI is InChI=1S/C58H43NO/c1-57(2)50-29-10-8-23-48(50)53-51(57)30-15-31-52(53)59(39-19-11-17-37(34-39)41-24-13-26-45-44-22-7-9-28-49(44)58(3,4)54(41)45)40-20-12-18-38(35-40)43-25-14-27-46-47-33-32-36-16-5-6-21-42(36)55(47)60-56(43)46/h5-35H,1-4H3. The van der Waals surface area contributed by atoms with Crippen LogP contribution in [0.25, 0.3) is 77.2 Å². The average molecular weight is 770 g/mol. The normalized spacial score (nSPS) is 14.3. The molecule has 0 saturated carbocycles. The van der Waals surface area contributed by atoms with E-state index in [2.05, 4.69) is 221 Å². The molecule has 2 aliphatic rings. The van der Waals surface area contributed by atoms with Gasteiger partial charge in [-0.2, -0.15) is 0 Å². The molecule has 1 aromatic heterocycles. The molecule has 9 aromatic carbocycles. The van der Waals surface area contributed by atoms with Crippen LogP contribution in [0.3, 0.4) is 0 Å². The van der Waals surface area contributed by atoms with Crippen LogP contribution in [0.5, 0.6) is 0 Å². The van der Waals surface area contributed by atoms with Crippen molar-refractivity contribution in [2.45, 2.75) is 38.5 Å². The van der Waals surface area contributed by atoms with Gasteiger partial charge in [0.15, 0.2) is 0 Å². The van der Waals surface area contributed by atoms with E-state index in [-0.39, 0.29) is 10.8 Å². The number of hydrogen-bond donors (Lipinski definition) is 0. The fraction of sp³-hybridized carbons (Fsp3) is 0.103. The molecule has 0 fully saturated rings. The average Bonchev–Trinajstić information content (AvgIpc) is 3.87. The second-order valence-electron chi connectivity index (χ2n) is 17.7. The fourth-order valence-electron chi connectivity index (χ4n) is 10.8. The Morgan fingerprint density at radius 3 is 1.73 bits per heavy atom. The van der Waals surface area contributed by atoms with Crippen molar-refractivity contribution in [1.29, 1.82) is 0 Å². The summed E-state index contributed by atoms with van der Waals surface area (Å²) in [5.74, 6) is 0. The maximum absolute atomic E-state index is 6.87. The van der Waals surface area contributed by atoms with Gasteiger partial charge in [0, 0.05) is 49.5 Å². The van der Waals surface area contributed by atoms with Gasteiger partial charge in [-0.15, -0.1) is 0 Å². The van der Waals surface area contributed by atoms with Crippen LogP contribution in [-0.4, -0.2) is 0 Å². The van der Waals surface area contributed by atoms with Gasteiger partial charge in [-0.1, -0.05) is 179 Å². The van der Waals surface area contributed by atoms with Gasteiger partial charge in [0.2, 0.25) is 0 Å². The molecule has 286 valence electrons. The zero-order chi connectivity index (χ0) is 40.3. The molecule has 2 heteroatoms. The third-order valence-corrected chi connectivity index (χ3v) is 13.6. The molecule has 1 heterocycles. The van der Waals surface area contributed by atoms with Crippen molar-refractivity contribution in [3.8, 4) is 44.5 Å². The summed E-state index contributed by atoms with van der Waals surface area (Å²) in [6.45, 7) is 9.47. The third kappa shape index (κ3) is 4.88. The van der Waals surface area contributed by atoms with E-state index in [0.29, 0.717) is 0 Å². The van der Waals surface area contributed by atoms with Crippen LogP contribution < -0.4 is 4.90 Å². The highest BCUT2D eigenvalue weighted by Gasteiger charge is 2.39. The van der Waals surface area contributed by atoms with Crippen LogP contribution in [0.4, 0.5) is 17.1 Å². The van der Waals surface area contributed by atoms with Crippen molar-refractivity contribution in [3.63, 3.8) is 0 Å². The summed E-state index contributed by atoms with van der Waals surface area (Å²) in [5.41, 5.74) is 20.3. The first kappa shape index (κ1) is 34.8. The SMILES string of the molecule is CC1(C)c2ccccc2-c2c(N(c3cccc(-c4cccc5c4C(C)(C)c4ccccc4-5)c3)c3cccc(-c4cccc5c4oc4c6ccccc6ccc54)c3)cccc21. The van der Waals surface area contributed by atoms with E-state index in [1.54, 1.807) is 0 Å². The summed E-state index contributed by atoms with van der Waals surface area (Å²) in [6, 6.07) is 69.2. The molecule has 2 nitrogen and oxygen atoms in total. The van der Waals surface area contributed by atoms with Gasteiger partial charge >= 0.3 is 0 Å². The lowest BCUT2D eigenvalue weighted by atomic mass is 9.79. The second-order valence-corrected chi connectivity index (χ2v) is 17.7. The number of nitrogens with zero attached hydrogens (tertiary/aromatic N) is 1. The van der Waals surface area contributed by atoms with E-state index in [0.717, 1.165) is 49.8 Å². The quantitative estimate of drug-likeness (QED) is 0.173. The minimum Gasteiger partial charge on any atom is -0.455 e. The number of furan rings is 1. The Morgan fingerprint density at radius 1 is 0.383 bits per heavy atom. The van der Waals surface area contributed by atoms with Crippen molar-refractivity contribution in [1.82, 2.24) is 0 Å². The predicted octanol–water partition coefficient (Wildman–Crippen LogP) is 16.2. The van der Waals surface area contributed by atoms with Gasteiger partial charge in [-0.3, -0.25) is 0 Å². The van der Waals surface area contributed by atoms with Gasteiger partial charge in [-0.05, 0) is 97.4 Å². The van der Waals surface area contributed by atoms with Crippen LogP contribution in [0.1, 0.15) is 49.9 Å². The van der Waals surface area contributed by atoms with Gasteiger partial charge < -0.3 is 9.32 Å². The Morgan fingerprint density at radius 2 is 0.933 bits per heavy atom. The number of para-hydroxylation sites is 1. The Hall–Kier alpha value is -7.16. The molecule has 0 amide bonds. The molecule has 0 radical (unpaired) electrons. The first-order chi connectivity index (χ1) is 29.3. The Kier molecular flexibility index (Phi) is 7.36. The van der Waals surface area contributed by atoms with Gasteiger partial charge in [-0.25, -0.2) is 0 Å². The smallest absolute Gasteiger partial charge is 0.143 e. The van der Waals surface area contributed by atoms with E-state index in [9.17, 15) is 0 Å². The zero-order valence-corrected chi connectivity index (χ0v) is 34.3. The number of fused-ring (bicyclic) bond motifs is 11. The first-order valence-corrected chi connectivity index (χ1v) is 21.1. The van der Waals surface area contributed by atoms with Gasteiger partial charge in [0.25, 0.3) is 0 Å². The van der Waals surface area contributed by atoms with Crippen LogP contribution in [0.2, 0.25) is 0 Å². The minimum atomic E-state index is -0.135. The van der Waals surface area contributed by atoms with Crippen molar-refractivity contribution >= 4 is 49.8 Å². The zero-order valence-electron chi connectivity index (χ0n) is 34.3. The number of anilines is 3. The van der Waals surface area contributed by atoms with Gasteiger partial charge in [0.1, 0.15) is 11.2 Å². The van der Waals surface area contributed by atoms with E-state index >= 15 is 0 Å². The number of rotatable bonds is 5. The molecule has 60 heavy (non-hydrogen) atoms. The summed E-state index contributed by atoms with van der Waals surface area (Å²) >= 11 is 0. The molecule has 0 N–H and O–H groups in total. The molecular weight excluding hydrogens is 727 g/mol. The van der Waals surface area contributed by atoms with Crippen molar-refractivity contribution in [2.24, 2.45) is 0 Å². The molecule has 0 spiro atoms. The highest BCUT2D eigenvalue weighted by molar-refractivity contribution is 6.17. The monoisotopic (exact) mass is 769 g/mol. The maximum Gasteiger partial charge on any atom is 0.143 e. The predicted molar refractivity (Wildman–Crippen MR) is 252 cm³/mol. The molecule has 10 aromatic rings. The van der Waals surface area contributed by atoms with Crippen LogP contribution in [0, 0.1) is 0 Å². The second kappa shape index (κ2) is 12.7. The summed E-state index contributed by atoms with van der Waals surface area (Å²) in [4.78, 5) is 2.49. The lowest BCUT2D eigenvalue weighted by Gasteiger charge is -2.30. The topological polar surface area (TPSA) is 16.4 Å². The van der Waals surface area contributed by atoms with Crippen molar-refractivity contribution < 1.29 is 4.42 Å². The summed E-state index contributed by atoms with van der Waals surface area (Å²) < 4.78 is 6.87. The lowest BCUT2D eigenvalue weighted by Crippen LogP contribution is -2.16. The first-order valence-electron chi connectivity index (χ1n) is 21.1. The molecule has 0 saturated heterocycles. The van der Waals surface area contributed by atoms with Gasteiger partial charge in [0.05, 0.1) is 5.69 Å².